The number of sulfonamides is 1. The Morgan fingerprint density at radius 2 is 1.88 bits per heavy atom. The van der Waals surface area contributed by atoms with Crippen molar-refractivity contribution in [1.29, 1.82) is 0 Å². The van der Waals surface area contributed by atoms with Crippen molar-refractivity contribution < 1.29 is 17.9 Å². The standard InChI is InChI=1S/C23H25ClN2O5S/c1-15-9-16(2)21-11-17(23(27)25-22(21)10-15)12-26(13-19-14-30-7-8-31-19)32(28,29)20-5-3-18(24)4-6-20/h3-6,9-11,19H,7-8,12-14H2,1-2H3,(H,25,27). The first-order valence-electron chi connectivity index (χ1n) is 10.3. The van der Waals surface area contributed by atoms with Crippen molar-refractivity contribution >= 4 is 32.5 Å². The molecule has 3 aromatic rings. The number of H-pyrrole nitrogens is 1. The molecule has 0 aliphatic carbocycles. The first-order valence-corrected chi connectivity index (χ1v) is 12.1. The second-order valence-electron chi connectivity index (χ2n) is 7.99. The fourth-order valence-electron chi connectivity index (χ4n) is 3.90. The summed E-state index contributed by atoms with van der Waals surface area (Å²) in [6.45, 7) is 5.06. The number of fused-ring (bicyclic) bond motifs is 1. The van der Waals surface area contributed by atoms with Gasteiger partial charge in [0, 0.05) is 34.6 Å². The number of hydrogen-bond acceptors (Lipinski definition) is 5. The Hall–Kier alpha value is -2.23. The number of aromatic amines is 1. The minimum Gasteiger partial charge on any atom is -0.376 e. The zero-order valence-electron chi connectivity index (χ0n) is 17.9. The van der Waals surface area contributed by atoms with E-state index < -0.39 is 16.1 Å². The summed E-state index contributed by atoms with van der Waals surface area (Å²) in [6.07, 6.45) is -0.422. The van der Waals surface area contributed by atoms with Crippen molar-refractivity contribution in [3.63, 3.8) is 0 Å². The van der Waals surface area contributed by atoms with Crippen LogP contribution in [-0.2, 0) is 26.0 Å². The van der Waals surface area contributed by atoms with Crippen LogP contribution < -0.4 is 5.56 Å². The van der Waals surface area contributed by atoms with E-state index in [0.29, 0.717) is 30.4 Å². The molecule has 1 fully saturated rings. The van der Waals surface area contributed by atoms with Gasteiger partial charge in [-0.05, 0) is 61.4 Å². The van der Waals surface area contributed by atoms with E-state index in [1.54, 1.807) is 6.07 Å². The lowest BCUT2D eigenvalue weighted by molar-refractivity contribution is -0.0923. The maximum Gasteiger partial charge on any atom is 0.252 e. The molecule has 0 bridgehead atoms. The first-order chi connectivity index (χ1) is 15.2. The third-order valence-corrected chi connectivity index (χ3v) is 7.56. The zero-order chi connectivity index (χ0) is 22.9. The molecule has 32 heavy (non-hydrogen) atoms. The number of ether oxygens (including phenoxy) is 2. The summed E-state index contributed by atoms with van der Waals surface area (Å²) in [5, 5.41) is 1.32. The molecule has 4 rings (SSSR count). The van der Waals surface area contributed by atoms with Crippen molar-refractivity contribution in [3.05, 3.63) is 74.5 Å². The zero-order valence-corrected chi connectivity index (χ0v) is 19.5. The fourth-order valence-corrected chi connectivity index (χ4v) is 5.47. The first kappa shape index (κ1) is 22.9. The van der Waals surface area contributed by atoms with Crippen molar-refractivity contribution in [2.24, 2.45) is 0 Å². The molecule has 1 atom stereocenters. The van der Waals surface area contributed by atoms with Crippen LogP contribution in [0.2, 0.25) is 5.02 Å². The molecule has 1 saturated heterocycles. The van der Waals surface area contributed by atoms with E-state index in [1.807, 2.05) is 26.0 Å². The summed E-state index contributed by atoms with van der Waals surface area (Å²) in [4.78, 5) is 15.8. The molecular formula is C23H25ClN2O5S. The van der Waals surface area contributed by atoms with E-state index in [1.165, 1.54) is 28.6 Å². The van der Waals surface area contributed by atoms with E-state index in [0.717, 1.165) is 22.0 Å². The van der Waals surface area contributed by atoms with Crippen LogP contribution in [0.4, 0.5) is 0 Å². The molecule has 0 saturated carbocycles. The highest BCUT2D eigenvalue weighted by molar-refractivity contribution is 7.89. The predicted molar refractivity (Wildman–Crippen MR) is 124 cm³/mol. The monoisotopic (exact) mass is 476 g/mol. The number of benzene rings is 2. The number of hydrogen-bond donors (Lipinski definition) is 1. The van der Waals surface area contributed by atoms with Gasteiger partial charge in [-0.1, -0.05) is 17.7 Å². The average molecular weight is 477 g/mol. The maximum atomic E-state index is 13.5. The second-order valence-corrected chi connectivity index (χ2v) is 10.4. The normalized spacial score (nSPS) is 17.2. The molecule has 0 radical (unpaired) electrons. The Kier molecular flexibility index (Phi) is 6.69. The highest BCUT2D eigenvalue weighted by Crippen LogP contribution is 2.23. The molecule has 7 nitrogen and oxygen atoms in total. The number of nitrogens with zero attached hydrogens (tertiary/aromatic N) is 1. The van der Waals surface area contributed by atoms with Crippen LogP contribution in [0.15, 0.2) is 52.2 Å². The molecule has 1 unspecified atom stereocenters. The van der Waals surface area contributed by atoms with Crippen LogP contribution in [-0.4, -0.2) is 50.2 Å². The summed E-state index contributed by atoms with van der Waals surface area (Å²) in [7, 11) is -3.92. The van der Waals surface area contributed by atoms with Gasteiger partial charge >= 0.3 is 0 Å². The highest BCUT2D eigenvalue weighted by atomic mass is 35.5. The lowest BCUT2D eigenvalue weighted by atomic mass is 10.0. The van der Waals surface area contributed by atoms with Gasteiger partial charge in [0.25, 0.3) is 5.56 Å². The molecule has 1 aromatic heterocycles. The van der Waals surface area contributed by atoms with Gasteiger partial charge in [-0.3, -0.25) is 4.79 Å². The number of rotatable bonds is 6. The van der Waals surface area contributed by atoms with E-state index >= 15 is 0 Å². The van der Waals surface area contributed by atoms with E-state index in [-0.39, 0.29) is 23.5 Å². The van der Waals surface area contributed by atoms with Gasteiger partial charge in [-0.25, -0.2) is 8.42 Å². The number of halogens is 1. The van der Waals surface area contributed by atoms with Crippen LogP contribution in [0.25, 0.3) is 10.9 Å². The number of aryl methyl sites for hydroxylation is 2. The summed E-state index contributed by atoms with van der Waals surface area (Å²) < 4.78 is 39.4. The van der Waals surface area contributed by atoms with Crippen LogP contribution in [0, 0.1) is 13.8 Å². The average Bonchev–Trinajstić information content (AvgIpc) is 2.75. The Bertz CT molecular complexity index is 1280. The topological polar surface area (TPSA) is 88.7 Å². The maximum absolute atomic E-state index is 13.5. The molecule has 0 spiro atoms. The third-order valence-electron chi connectivity index (χ3n) is 5.48. The molecule has 2 aromatic carbocycles. The molecule has 1 aliphatic heterocycles. The number of pyridine rings is 1. The van der Waals surface area contributed by atoms with Crippen LogP contribution in [0.3, 0.4) is 0 Å². The van der Waals surface area contributed by atoms with Crippen LogP contribution in [0.1, 0.15) is 16.7 Å². The number of aromatic nitrogens is 1. The van der Waals surface area contributed by atoms with E-state index in [4.69, 9.17) is 21.1 Å². The molecule has 170 valence electrons. The van der Waals surface area contributed by atoms with Crippen molar-refractivity contribution in [2.45, 2.75) is 31.4 Å². The van der Waals surface area contributed by atoms with Crippen molar-refractivity contribution in [3.8, 4) is 0 Å². The minimum atomic E-state index is -3.92. The summed E-state index contributed by atoms with van der Waals surface area (Å²) in [5.74, 6) is 0. The Balaban J connectivity index is 1.74. The van der Waals surface area contributed by atoms with Crippen molar-refractivity contribution in [2.75, 3.05) is 26.4 Å². The van der Waals surface area contributed by atoms with Crippen molar-refractivity contribution in [1.82, 2.24) is 9.29 Å². The largest absolute Gasteiger partial charge is 0.376 e. The van der Waals surface area contributed by atoms with Gasteiger partial charge in [0.05, 0.1) is 30.8 Å². The van der Waals surface area contributed by atoms with Crippen LogP contribution in [0.5, 0.6) is 0 Å². The molecule has 2 heterocycles. The second kappa shape index (κ2) is 9.33. The van der Waals surface area contributed by atoms with Gasteiger partial charge in [0.2, 0.25) is 10.0 Å². The smallest absolute Gasteiger partial charge is 0.252 e. The van der Waals surface area contributed by atoms with Crippen LogP contribution >= 0.6 is 11.6 Å². The van der Waals surface area contributed by atoms with E-state index in [2.05, 4.69) is 4.98 Å². The molecule has 1 aliphatic rings. The molecule has 0 amide bonds. The van der Waals surface area contributed by atoms with Gasteiger partial charge in [-0.2, -0.15) is 4.31 Å². The summed E-state index contributed by atoms with van der Waals surface area (Å²) >= 11 is 5.94. The quantitative estimate of drug-likeness (QED) is 0.589. The molecule has 1 N–H and O–H groups in total. The SMILES string of the molecule is Cc1cc(C)c2cc(CN(CC3COCCO3)S(=O)(=O)c3ccc(Cl)cc3)c(=O)[nH]c2c1. The lowest BCUT2D eigenvalue weighted by Crippen LogP contribution is -2.43. The summed E-state index contributed by atoms with van der Waals surface area (Å²) in [5.41, 5.74) is 2.82. The fraction of sp³-hybridized carbons (Fsp3) is 0.348. The van der Waals surface area contributed by atoms with Gasteiger partial charge in [0.15, 0.2) is 0 Å². The number of nitrogens with one attached hydrogen (secondary N) is 1. The van der Waals surface area contributed by atoms with Gasteiger partial charge < -0.3 is 14.5 Å². The van der Waals surface area contributed by atoms with E-state index in [9.17, 15) is 13.2 Å². The lowest BCUT2D eigenvalue weighted by Gasteiger charge is -2.29. The molecule has 9 heteroatoms. The Morgan fingerprint density at radius 3 is 2.56 bits per heavy atom. The van der Waals surface area contributed by atoms with Gasteiger partial charge in [0.1, 0.15) is 0 Å². The van der Waals surface area contributed by atoms with Gasteiger partial charge in [-0.15, -0.1) is 0 Å². The molecular weight excluding hydrogens is 452 g/mol. The minimum absolute atomic E-state index is 0.0648. The Labute approximate surface area is 192 Å². The predicted octanol–water partition coefficient (Wildman–Crippen LogP) is 3.40. The Morgan fingerprint density at radius 1 is 1.12 bits per heavy atom. The summed E-state index contributed by atoms with van der Waals surface area (Å²) in [6, 6.07) is 11.7. The highest BCUT2D eigenvalue weighted by Gasteiger charge is 2.30. The third kappa shape index (κ3) is 4.89.